The fraction of sp³-hybridized carbons (Fsp3) is 0.611. The lowest BCUT2D eigenvalue weighted by Gasteiger charge is -2.48. The van der Waals surface area contributed by atoms with Crippen LogP contribution in [0.4, 0.5) is 0 Å². The average molecular weight is 270 g/mol. The minimum atomic E-state index is -0.0322. The van der Waals surface area contributed by atoms with Crippen molar-refractivity contribution in [1.29, 1.82) is 0 Å². The van der Waals surface area contributed by atoms with E-state index < -0.39 is 0 Å². The number of benzene rings is 1. The lowest BCUT2D eigenvalue weighted by atomic mass is 9.55. The van der Waals surface area contributed by atoms with Gasteiger partial charge in [-0.3, -0.25) is 4.79 Å². The number of fused-ring (bicyclic) bond motifs is 5. The largest absolute Gasteiger partial charge is 0.508 e. The molecule has 1 aromatic rings. The maximum Gasteiger partial charge on any atom is 0.139 e. The summed E-state index contributed by atoms with van der Waals surface area (Å²) < 4.78 is 0. The van der Waals surface area contributed by atoms with E-state index in [1.54, 1.807) is 0 Å². The number of ketones is 1. The second-order valence-corrected chi connectivity index (χ2v) is 7.22. The Morgan fingerprint density at radius 1 is 1.20 bits per heavy atom. The Morgan fingerprint density at radius 2 is 2.05 bits per heavy atom. The molecule has 1 N–H and O–H groups in total. The molecule has 0 amide bonds. The molecular weight excluding hydrogens is 248 g/mol. The summed E-state index contributed by atoms with van der Waals surface area (Å²) in [5.41, 5.74) is 2.75. The molecule has 0 aromatic heterocycles. The monoisotopic (exact) mass is 270 g/mol. The van der Waals surface area contributed by atoms with E-state index in [9.17, 15) is 9.90 Å². The van der Waals surface area contributed by atoms with Crippen molar-refractivity contribution in [2.75, 3.05) is 0 Å². The Balaban J connectivity index is 1.73. The summed E-state index contributed by atoms with van der Waals surface area (Å²) in [4.78, 5) is 12.3. The standard InChI is InChI=1S/C18H22O2/c1-18-9-8-14-13-5-3-12(19)10-11(13)2-4-15(14)16(18)6-7-17(18)20/h3,5,10,14-16,19H,2,4,6-9H2,1H3/t14-,15+,16-,18+/m0/s1. The molecule has 0 heterocycles. The predicted octanol–water partition coefficient (Wildman–Crippen LogP) is 3.82. The van der Waals surface area contributed by atoms with E-state index in [-0.39, 0.29) is 5.41 Å². The van der Waals surface area contributed by atoms with E-state index in [0.29, 0.717) is 29.3 Å². The fourth-order valence-corrected chi connectivity index (χ4v) is 5.34. The molecule has 4 atom stereocenters. The predicted molar refractivity (Wildman–Crippen MR) is 77.7 cm³/mol. The van der Waals surface area contributed by atoms with Gasteiger partial charge in [0.05, 0.1) is 0 Å². The third kappa shape index (κ3) is 1.54. The SMILES string of the molecule is C[C@@]12CC[C@H]3c4ccc(O)cc4CC[C@H]3[C@@H]1CCC2=O. The van der Waals surface area contributed by atoms with Crippen molar-refractivity contribution in [3.63, 3.8) is 0 Å². The molecule has 2 saturated carbocycles. The van der Waals surface area contributed by atoms with E-state index in [2.05, 4.69) is 13.0 Å². The highest BCUT2D eigenvalue weighted by atomic mass is 16.3. The van der Waals surface area contributed by atoms with Crippen molar-refractivity contribution < 1.29 is 9.90 Å². The second kappa shape index (κ2) is 4.09. The summed E-state index contributed by atoms with van der Waals surface area (Å²) in [6.07, 6.45) is 6.34. The molecule has 0 bridgehead atoms. The van der Waals surface area contributed by atoms with Gasteiger partial charge in [-0.05, 0) is 73.1 Å². The van der Waals surface area contributed by atoms with Crippen LogP contribution in [0.2, 0.25) is 0 Å². The molecule has 0 spiro atoms. The van der Waals surface area contributed by atoms with Crippen LogP contribution in [0, 0.1) is 17.3 Å². The van der Waals surface area contributed by atoms with E-state index in [1.807, 2.05) is 12.1 Å². The molecule has 1 aromatic carbocycles. The van der Waals surface area contributed by atoms with Crippen molar-refractivity contribution >= 4 is 5.78 Å². The van der Waals surface area contributed by atoms with E-state index >= 15 is 0 Å². The molecule has 106 valence electrons. The molecule has 0 radical (unpaired) electrons. The summed E-state index contributed by atoms with van der Waals surface area (Å²) >= 11 is 0. The van der Waals surface area contributed by atoms with Crippen LogP contribution in [0.15, 0.2) is 18.2 Å². The van der Waals surface area contributed by atoms with Crippen LogP contribution >= 0.6 is 0 Å². The highest BCUT2D eigenvalue weighted by Gasteiger charge is 2.54. The summed E-state index contributed by atoms with van der Waals surface area (Å²) in [7, 11) is 0. The molecule has 4 rings (SSSR count). The highest BCUT2D eigenvalue weighted by molar-refractivity contribution is 5.87. The van der Waals surface area contributed by atoms with Gasteiger partial charge in [-0.1, -0.05) is 13.0 Å². The molecular formula is C18H22O2. The number of hydrogen-bond donors (Lipinski definition) is 1. The number of carbonyl (C=O) groups excluding carboxylic acids is 1. The van der Waals surface area contributed by atoms with E-state index in [4.69, 9.17) is 0 Å². The Kier molecular flexibility index (Phi) is 2.55. The van der Waals surface area contributed by atoms with Crippen LogP contribution in [-0.4, -0.2) is 10.9 Å². The first-order chi connectivity index (χ1) is 9.59. The smallest absolute Gasteiger partial charge is 0.139 e. The minimum Gasteiger partial charge on any atom is -0.508 e. The van der Waals surface area contributed by atoms with Crippen LogP contribution in [0.3, 0.4) is 0 Å². The van der Waals surface area contributed by atoms with Crippen LogP contribution < -0.4 is 0 Å². The number of phenolic OH excluding ortho intramolecular Hbond substituents is 1. The zero-order valence-corrected chi connectivity index (χ0v) is 12.1. The molecule has 20 heavy (non-hydrogen) atoms. The van der Waals surface area contributed by atoms with Gasteiger partial charge >= 0.3 is 0 Å². The first kappa shape index (κ1) is 12.4. The maximum absolute atomic E-state index is 12.3. The Labute approximate surface area is 120 Å². The van der Waals surface area contributed by atoms with E-state index in [1.165, 1.54) is 17.5 Å². The summed E-state index contributed by atoms with van der Waals surface area (Å²) in [5, 5.41) is 9.67. The topological polar surface area (TPSA) is 37.3 Å². The lowest BCUT2D eigenvalue weighted by molar-refractivity contribution is -0.129. The number of phenols is 1. The van der Waals surface area contributed by atoms with Gasteiger partial charge in [0.15, 0.2) is 0 Å². The highest BCUT2D eigenvalue weighted by Crippen LogP contribution is 2.59. The summed E-state index contributed by atoms with van der Waals surface area (Å²) in [6.45, 7) is 2.22. The Hall–Kier alpha value is -1.31. The number of hydrogen-bond acceptors (Lipinski definition) is 2. The molecule has 3 aliphatic carbocycles. The van der Waals surface area contributed by atoms with Crippen LogP contribution in [0.5, 0.6) is 5.75 Å². The third-order valence-corrected chi connectivity index (χ3v) is 6.42. The normalized spacial score (nSPS) is 39.0. The number of carbonyl (C=O) groups is 1. The lowest BCUT2D eigenvalue weighted by Crippen LogP contribution is -2.42. The Bertz CT molecular complexity index is 577. The van der Waals surface area contributed by atoms with Crippen molar-refractivity contribution in [3.05, 3.63) is 29.3 Å². The van der Waals surface area contributed by atoms with Gasteiger partial charge in [-0.25, -0.2) is 0 Å². The average Bonchev–Trinajstić information content (AvgIpc) is 2.74. The van der Waals surface area contributed by atoms with Crippen molar-refractivity contribution in [2.24, 2.45) is 17.3 Å². The summed E-state index contributed by atoms with van der Waals surface area (Å²) in [6, 6.07) is 5.90. The zero-order chi connectivity index (χ0) is 13.9. The van der Waals surface area contributed by atoms with Crippen LogP contribution in [0.25, 0.3) is 0 Å². The molecule has 3 aliphatic rings. The van der Waals surface area contributed by atoms with Gasteiger partial charge in [0, 0.05) is 11.8 Å². The number of aryl methyl sites for hydroxylation is 1. The summed E-state index contributed by atoms with van der Waals surface area (Å²) in [5.74, 6) is 2.78. The van der Waals surface area contributed by atoms with Crippen LogP contribution in [0.1, 0.15) is 56.1 Å². The Morgan fingerprint density at radius 3 is 2.90 bits per heavy atom. The number of Topliss-reactive ketones (excluding diaryl/α,β-unsaturated/α-hetero) is 1. The van der Waals surface area contributed by atoms with E-state index in [0.717, 1.165) is 32.1 Å². The van der Waals surface area contributed by atoms with Gasteiger partial charge in [-0.15, -0.1) is 0 Å². The van der Waals surface area contributed by atoms with Crippen molar-refractivity contribution in [3.8, 4) is 5.75 Å². The van der Waals surface area contributed by atoms with Crippen molar-refractivity contribution in [1.82, 2.24) is 0 Å². The molecule has 2 heteroatoms. The second-order valence-electron chi connectivity index (χ2n) is 7.22. The third-order valence-electron chi connectivity index (χ3n) is 6.42. The van der Waals surface area contributed by atoms with Crippen LogP contribution in [-0.2, 0) is 11.2 Å². The first-order valence-electron chi connectivity index (χ1n) is 7.95. The number of aromatic hydroxyl groups is 1. The van der Waals surface area contributed by atoms with Gasteiger partial charge < -0.3 is 5.11 Å². The molecule has 0 saturated heterocycles. The quantitative estimate of drug-likeness (QED) is 0.778. The fourth-order valence-electron chi connectivity index (χ4n) is 5.34. The van der Waals surface area contributed by atoms with Gasteiger partial charge in [-0.2, -0.15) is 0 Å². The maximum atomic E-state index is 12.3. The first-order valence-corrected chi connectivity index (χ1v) is 7.95. The van der Waals surface area contributed by atoms with Gasteiger partial charge in [0.25, 0.3) is 0 Å². The van der Waals surface area contributed by atoms with Gasteiger partial charge in [0.1, 0.15) is 11.5 Å². The minimum absolute atomic E-state index is 0.0322. The number of rotatable bonds is 0. The zero-order valence-electron chi connectivity index (χ0n) is 12.1. The molecule has 0 unspecified atom stereocenters. The molecule has 2 nitrogen and oxygen atoms in total. The van der Waals surface area contributed by atoms with Crippen molar-refractivity contribution in [2.45, 2.75) is 51.4 Å². The van der Waals surface area contributed by atoms with Gasteiger partial charge in [0.2, 0.25) is 0 Å². The molecule has 2 fully saturated rings. The molecule has 0 aliphatic heterocycles.